The Morgan fingerprint density at radius 1 is 1.60 bits per heavy atom. The Morgan fingerprint density at radius 3 is 2.80 bits per heavy atom. The first-order chi connectivity index (χ1) is 7.24. The van der Waals surface area contributed by atoms with Gasteiger partial charge in [0.1, 0.15) is 0 Å². The van der Waals surface area contributed by atoms with E-state index in [0.717, 1.165) is 18.4 Å². The lowest BCUT2D eigenvalue weighted by Gasteiger charge is -2.18. The van der Waals surface area contributed by atoms with Crippen LogP contribution < -0.4 is 5.32 Å². The van der Waals surface area contributed by atoms with Crippen molar-refractivity contribution in [3.8, 4) is 0 Å². The highest BCUT2D eigenvalue weighted by molar-refractivity contribution is 7.10. The monoisotopic (exact) mass is 223 g/mol. The molecule has 0 saturated heterocycles. The summed E-state index contributed by atoms with van der Waals surface area (Å²) < 4.78 is 0. The Kier molecular flexibility index (Phi) is 3.47. The number of rotatable bonds is 5. The summed E-state index contributed by atoms with van der Waals surface area (Å²) in [4.78, 5) is 1.49. The van der Waals surface area contributed by atoms with Crippen LogP contribution >= 0.6 is 11.3 Å². The highest BCUT2D eigenvalue weighted by Gasteiger charge is 2.40. The first-order valence-electron chi connectivity index (χ1n) is 6.01. The van der Waals surface area contributed by atoms with Crippen molar-refractivity contribution in [3.63, 3.8) is 0 Å². The average Bonchev–Trinajstić information content (AvgIpc) is 2.77. The summed E-state index contributed by atoms with van der Waals surface area (Å²) in [6.45, 7) is 7.99. The zero-order chi connectivity index (χ0) is 10.8. The molecule has 15 heavy (non-hydrogen) atoms. The van der Waals surface area contributed by atoms with Crippen LogP contribution in [0.2, 0.25) is 0 Å². The van der Waals surface area contributed by atoms with Crippen LogP contribution in [0.15, 0.2) is 11.4 Å². The molecule has 1 saturated carbocycles. The lowest BCUT2D eigenvalue weighted by atomic mass is 10.0. The van der Waals surface area contributed by atoms with E-state index < -0.39 is 0 Å². The highest BCUT2D eigenvalue weighted by Crippen LogP contribution is 2.48. The third kappa shape index (κ3) is 2.43. The third-order valence-corrected chi connectivity index (χ3v) is 4.31. The van der Waals surface area contributed by atoms with Gasteiger partial charge in [0, 0.05) is 10.9 Å². The third-order valence-electron chi connectivity index (χ3n) is 3.45. The van der Waals surface area contributed by atoms with E-state index in [0.29, 0.717) is 6.04 Å². The first-order valence-corrected chi connectivity index (χ1v) is 6.89. The highest BCUT2D eigenvalue weighted by atomic mass is 32.1. The maximum atomic E-state index is 3.71. The van der Waals surface area contributed by atoms with Crippen molar-refractivity contribution in [2.45, 2.75) is 39.7 Å². The molecule has 0 aliphatic heterocycles. The van der Waals surface area contributed by atoms with Gasteiger partial charge in [0.25, 0.3) is 0 Å². The Bertz CT molecular complexity index is 318. The number of aryl methyl sites for hydroxylation is 1. The minimum Gasteiger partial charge on any atom is -0.310 e. The van der Waals surface area contributed by atoms with Crippen molar-refractivity contribution < 1.29 is 0 Å². The zero-order valence-corrected chi connectivity index (χ0v) is 10.7. The fourth-order valence-corrected chi connectivity index (χ4v) is 3.07. The van der Waals surface area contributed by atoms with Crippen LogP contribution in [0, 0.1) is 18.8 Å². The molecule has 0 radical (unpaired) electrons. The van der Waals surface area contributed by atoms with Gasteiger partial charge in [0.2, 0.25) is 0 Å². The summed E-state index contributed by atoms with van der Waals surface area (Å²) in [5.41, 5.74) is 1.54. The van der Waals surface area contributed by atoms with Gasteiger partial charge in [-0.15, -0.1) is 11.3 Å². The van der Waals surface area contributed by atoms with Crippen molar-refractivity contribution in [1.29, 1.82) is 0 Å². The largest absolute Gasteiger partial charge is 0.310 e. The second-order valence-corrected chi connectivity index (χ2v) is 5.86. The summed E-state index contributed by atoms with van der Waals surface area (Å²) in [6, 6.07) is 2.92. The van der Waals surface area contributed by atoms with Crippen molar-refractivity contribution >= 4 is 11.3 Å². The molecule has 2 heteroatoms. The van der Waals surface area contributed by atoms with Crippen LogP contribution in [0.5, 0.6) is 0 Å². The van der Waals surface area contributed by atoms with Crippen LogP contribution in [0.3, 0.4) is 0 Å². The van der Waals surface area contributed by atoms with E-state index in [-0.39, 0.29) is 0 Å². The Morgan fingerprint density at radius 2 is 2.33 bits per heavy atom. The lowest BCUT2D eigenvalue weighted by molar-refractivity contribution is 0.462. The SMILES string of the molecule is CCCNC(c1ccsc1C)C1CC1C. The molecule has 84 valence electrons. The molecule has 1 aromatic rings. The summed E-state index contributed by atoms with van der Waals surface area (Å²) in [5, 5.41) is 5.93. The summed E-state index contributed by atoms with van der Waals surface area (Å²) in [7, 11) is 0. The Hall–Kier alpha value is -0.340. The van der Waals surface area contributed by atoms with Crippen LogP contribution in [-0.4, -0.2) is 6.54 Å². The van der Waals surface area contributed by atoms with Crippen LogP contribution in [0.4, 0.5) is 0 Å². The van der Waals surface area contributed by atoms with Gasteiger partial charge in [-0.25, -0.2) is 0 Å². The van der Waals surface area contributed by atoms with Gasteiger partial charge >= 0.3 is 0 Å². The van der Waals surface area contributed by atoms with Gasteiger partial charge in [0.15, 0.2) is 0 Å². The minimum absolute atomic E-state index is 0.617. The van der Waals surface area contributed by atoms with Crippen LogP contribution in [0.25, 0.3) is 0 Å². The maximum Gasteiger partial charge on any atom is 0.0362 e. The molecule has 1 aliphatic rings. The standard InChI is InChI=1S/C13H21NS/c1-4-6-14-13(12-8-9(12)2)11-5-7-15-10(11)3/h5,7,9,12-14H,4,6,8H2,1-3H3. The average molecular weight is 223 g/mol. The molecular formula is C13H21NS. The number of nitrogens with one attached hydrogen (secondary N) is 1. The number of hydrogen-bond acceptors (Lipinski definition) is 2. The molecule has 1 fully saturated rings. The smallest absolute Gasteiger partial charge is 0.0362 e. The second kappa shape index (κ2) is 4.67. The molecular weight excluding hydrogens is 202 g/mol. The van der Waals surface area contributed by atoms with Crippen molar-refractivity contribution in [2.75, 3.05) is 6.54 Å². The van der Waals surface area contributed by atoms with E-state index in [1.165, 1.54) is 17.7 Å². The van der Waals surface area contributed by atoms with Gasteiger partial charge < -0.3 is 5.32 Å². The molecule has 1 nitrogen and oxygen atoms in total. The predicted molar refractivity (Wildman–Crippen MR) is 67.4 cm³/mol. The van der Waals surface area contributed by atoms with Gasteiger partial charge in [-0.3, -0.25) is 0 Å². The van der Waals surface area contributed by atoms with E-state index in [1.54, 1.807) is 5.56 Å². The minimum atomic E-state index is 0.617. The van der Waals surface area contributed by atoms with Gasteiger partial charge in [0.05, 0.1) is 0 Å². The van der Waals surface area contributed by atoms with Crippen molar-refractivity contribution in [2.24, 2.45) is 11.8 Å². The van der Waals surface area contributed by atoms with Gasteiger partial charge in [-0.1, -0.05) is 13.8 Å². The van der Waals surface area contributed by atoms with E-state index in [1.807, 2.05) is 11.3 Å². The molecule has 0 bridgehead atoms. The topological polar surface area (TPSA) is 12.0 Å². The molecule has 1 aliphatic carbocycles. The van der Waals surface area contributed by atoms with Crippen LogP contribution in [-0.2, 0) is 0 Å². The molecule has 2 rings (SSSR count). The van der Waals surface area contributed by atoms with E-state index >= 15 is 0 Å². The Balaban J connectivity index is 2.08. The molecule has 3 unspecified atom stereocenters. The molecule has 0 aromatic carbocycles. The summed E-state index contributed by atoms with van der Waals surface area (Å²) >= 11 is 1.87. The fraction of sp³-hybridized carbons (Fsp3) is 0.692. The van der Waals surface area contributed by atoms with Crippen LogP contribution in [0.1, 0.15) is 43.2 Å². The van der Waals surface area contributed by atoms with E-state index in [4.69, 9.17) is 0 Å². The molecule has 0 spiro atoms. The molecule has 1 N–H and O–H groups in total. The number of thiophene rings is 1. The first kappa shape index (κ1) is 11.2. The molecule has 1 aromatic heterocycles. The normalized spacial score (nSPS) is 26.6. The predicted octanol–water partition coefficient (Wildman–Crippen LogP) is 3.75. The molecule has 3 atom stereocenters. The second-order valence-electron chi connectivity index (χ2n) is 4.74. The lowest BCUT2D eigenvalue weighted by Crippen LogP contribution is -2.24. The van der Waals surface area contributed by atoms with Gasteiger partial charge in [-0.05, 0) is 55.2 Å². The van der Waals surface area contributed by atoms with E-state index in [2.05, 4.69) is 37.5 Å². The van der Waals surface area contributed by atoms with Crippen molar-refractivity contribution in [1.82, 2.24) is 5.32 Å². The Labute approximate surface area is 96.9 Å². The molecule has 1 heterocycles. The maximum absolute atomic E-state index is 3.71. The quantitative estimate of drug-likeness (QED) is 0.801. The van der Waals surface area contributed by atoms with E-state index in [9.17, 15) is 0 Å². The zero-order valence-electron chi connectivity index (χ0n) is 9.92. The molecule has 0 amide bonds. The number of hydrogen-bond donors (Lipinski definition) is 1. The fourth-order valence-electron chi connectivity index (χ4n) is 2.32. The summed E-state index contributed by atoms with van der Waals surface area (Å²) in [5.74, 6) is 1.79. The van der Waals surface area contributed by atoms with Crippen molar-refractivity contribution in [3.05, 3.63) is 21.9 Å². The van der Waals surface area contributed by atoms with Gasteiger partial charge in [-0.2, -0.15) is 0 Å². The summed E-state index contributed by atoms with van der Waals surface area (Å²) in [6.07, 6.45) is 2.62.